The summed E-state index contributed by atoms with van der Waals surface area (Å²) in [6.07, 6.45) is 2.45. The third-order valence-corrected chi connectivity index (χ3v) is 13.4. The fourth-order valence-electron chi connectivity index (χ4n) is 5.46. The first-order valence-corrected chi connectivity index (χ1v) is 16.9. The van der Waals surface area contributed by atoms with Gasteiger partial charge in [0.2, 0.25) is 5.91 Å². The molecule has 2 heterocycles. The van der Waals surface area contributed by atoms with E-state index < -0.39 is 19.9 Å². The van der Waals surface area contributed by atoms with Crippen LogP contribution in [0.4, 0.5) is 5.69 Å². The van der Waals surface area contributed by atoms with Crippen molar-refractivity contribution in [3.8, 4) is 5.75 Å². The molecule has 0 saturated carbocycles. The maximum Gasteiger partial charge on any atom is 0.254 e. The van der Waals surface area contributed by atoms with Gasteiger partial charge < -0.3 is 19.4 Å². The van der Waals surface area contributed by atoms with Crippen LogP contribution < -0.4 is 10.1 Å². The zero-order valence-corrected chi connectivity index (χ0v) is 26.2. The molecular weight excluding hydrogens is 530 g/mol. The molecule has 0 radical (unpaired) electrons. The SMILES string of the molecule is COc1ccc(CO[Si](C)(C)C(C)(C)C)cc1C1(N2CCCC[C@H]2C(=O)N(C)C)C(=O)Nc2ccc(Cl)cc21. The number of carbonyl (C=O) groups excluding carboxylic acids is 2. The molecule has 2 aliphatic heterocycles. The van der Waals surface area contributed by atoms with Crippen molar-refractivity contribution in [2.24, 2.45) is 0 Å². The van der Waals surface area contributed by atoms with E-state index in [2.05, 4.69) is 44.1 Å². The molecule has 2 aromatic carbocycles. The standard InChI is InChI=1S/C30H42ClN3O4Si/c1-29(2,3)39(7,8)38-19-20-12-15-26(37-6)23(17-20)30(22-18-21(31)13-14-24(22)32-28(30)36)34-16-10-9-11-25(34)27(35)33(4)5/h12-15,17-18,25H,9-11,16,19H2,1-8H3,(H,32,36)/t25-,30?/m0/s1. The van der Waals surface area contributed by atoms with Crippen LogP contribution in [0.1, 0.15) is 56.7 Å². The lowest BCUT2D eigenvalue weighted by Crippen LogP contribution is -2.61. The highest BCUT2D eigenvalue weighted by Crippen LogP contribution is 2.51. The molecule has 0 bridgehead atoms. The van der Waals surface area contributed by atoms with Gasteiger partial charge in [-0.1, -0.05) is 44.9 Å². The first-order valence-electron chi connectivity index (χ1n) is 13.6. The summed E-state index contributed by atoms with van der Waals surface area (Å²) in [7, 11) is 3.13. The van der Waals surface area contributed by atoms with Crippen molar-refractivity contribution in [1.29, 1.82) is 0 Å². The molecular formula is C30H42ClN3O4Si. The number of anilines is 1. The normalized spacial score (nSPS) is 21.9. The Morgan fingerprint density at radius 3 is 2.51 bits per heavy atom. The quantitative estimate of drug-likeness (QED) is 0.412. The van der Waals surface area contributed by atoms with Gasteiger partial charge in [0.1, 0.15) is 5.75 Å². The van der Waals surface area contributed by atoms with Gasteiger partial charge in [-0.05, 0) is 66.9 Å². The Morgan fingerprint density at radius 1 is 1.15 bits per heavy atom. The lowest BCUT2D eigenvalue weighted by molar-refractivity contribution is -0.142. The molecule has 2 amide bonds. The molecule has 2 atom stereocenters. The van der Waals surface area contributed by atoms with E-state index in [9.17, 15) is 9.59 Å². The number of piperidine rings is 1. The van der Waals surface area contributed by atoms with Gasteiger partial charge in [0.15, 0.2) is 13.9 Å². The summed E-state index contributed by atoms with van der Waals surface area (Å²) in [5, 5.41) is 3.70. The number of likely N-dealkylation sites (N-methyl/N-ethyl adjacent to an activating group) is 1. The number of likely N-dealkylation sites (tertiary alicyclic amines) is 1. The number of carbonyl (C=O) groups is 2. The van der Waals surface area contributed by atoms with E-state index in [0.717, 1.165) is 24.0 Å². The molecule has 0 aromatic heterocycles. The summed E-state index contributed by atoms with van der Waals surface area (Å²) in [5.41, 5.74) is 1.77. The third-order valence-electron chi connectivity index (χ3n) is 8.67. The molecule has 1 saturated heterocycles. The summed E-state index contributed by atoms with van der Waals surface area (Å²) in [4.78, 5) is 31.6. The number of nitrogens with zero attached hydrogens (tertiary/aromatic N) is 2. The predicted molar refractivity (Wildman–Crippen MR) is 159 cm³/mol. The minimum atomic E-state index is -2.02. The summed E-state index contributed by atoms with van der Waals surface area (Å²) in [5.74, 6) is 0.350. The summed E-state index contributed by atoms with van der Waals surface area (Å²) in [6, 6.07) is 10.9. The first-order chi connectivity index (χ1) is 18.2. The number of fused-ring (bicyclic) bond motifs is 1. The lowest BCUT2D eigenvalue weighted by atomic mass is 9.78. The van der Waals surface area contributed by atoms with E-state index in [-0.39, 0.29) is 16.9 Å². The van der Waals surface area contributed by atoms with Crippen molar-refractivity contribution in [3.05, 3.63) is 58.1 Å². The second-order valence-electron chi connectivity index (χ2n) is 12.4. The monoisotopic (exact) mass is 571 g/mol. The molecule has 0 aliphatic carbocycles. The number of hydrogen-bond donors (Lipinski definition) is 1. The Labute approximate surface area is 238 Å². The maximum absolute atomic E-state index is 14.3. The third kappa shape index (κ3) is 5.24. The topological polar surface area (TPSA) is 71.1 Å². The molecule has 4 rings (SSSR count). The van der Waals surface area contributed by atoms with Crippen molar-refractivity contribution in [2.45, 2.75) is 76.4 Å². The number of halogens is 1. The van der Waals surface area contributed by atoms with Gasteiger partial charge in [0, 0.05) is 42.5 Å². The number of amides is 2. The molecule has 9 heteroatoms. The first kappa shape index (κ1) is 29.6. The highest BCUT2D eigenvalue weighted by atomic mass is 35.5. The van der Waals surface area contributed by atoms with Gasteiger partial charge in [-0.25, -0.2) is 0 Å². The van der Waals surface area contributed by atoms with Gasteiger partial charge in [-0.15, -0.1) is 0 Å². The Kier molecular flexibility index (Phi) is 8.25. The summed E-state index contributed by atoms with van der Waals surface area (Å²) >= 11 is 6.54. The number of methoxy groups -OCH3 is 1. The van der Waals surface area contributed by atoms with Crippen LogP contribution in [-0.4, -0.2) is 63.7 Å². The highest BCUT2D eigenvalue weighted by molar-refractivity contribution is 6.74. The van der Waals surface area contributed by atoms with Crippen LogP contribution in [0.3, 0.4) is 0 Å². The predicted octanol–water partition coefficient (Wildman–Crippen LogP) is 6.01. The fraction of sp³-hybridized carbons (Fsp3) is 0.533. The molecule has 0 spiro atoms. The minimum absolute atomic E-state index is 0.0197. The lowest BCUT2D eigenvalue weighted by Gasteiger charge is -2.47. The van der Waals surface area contributed by atoms with Crippen LogP contribution in [0, 0.1) is 0 Å². The average Bonchev–Trinajstić information content (AvgIpc) is 3.17. The van der Waals surface area contributed by atoms with Crippen LogP contribution >= 0.6 is 11.6 Å². The molecule has 1 N–H and O–H groups in total. The molecule has 7 nitrogen and oxygen atoms in total. The maximum atomic E-state index is 14.3. The second-order valence-corrected chi connectivity index (χ2v) is 17.6. The van der Waals surface area contributed by atoms with E-state index in [1.807, 2.05) is 30.3 Å². The van der Waals surface area contributed by atoms with Gasteiger partial charge in [-0.2, -0.15) is 0 Å². The van der Waals surface area contributed by atoms with Gasteiger partial charge in [0.05, 0.1) is 19.8 Å². The number of rotatable bonds is 7. The van der Waals surface area contributed by atoms with E-state index in [0.29, 0.717) is 41.6 Å². The number of benzene rings is 2. The zero-order chi connectivity index (χ0) is 28.8. The smallest absolute Gasteiger partial charge is 0.254 e. The molecule has 2 aromatic rings. The number of ether oxygens (including phenoxy) is 1. The molecule has 39 heavy (non-hydrogen) atoms. The van der Waals surface area contributed by atoms with Crippen LogP contribution in [0.25, 0.3) is 0 Å². The van der Waals surface area contributed by atoms with Crippen LogP contribution in [-0.2, 0) is 26.2 Å². The summed E-state index contributed by atoms with van der Waals surface area (Å²) in [6.45, 7) is 12.1. The van der Waals surface area contributed by atoms with Gasteiger partial charge >= 0.3 is 0 Å². The van der Waals surface area contributed by atoms with Crippen LogP contribution in [0.5, 0.6) is 5.75 Å². The number of nitrogens with one attached hydrogen (secondary N) is 1. The Hall–Kier alpha value is -2.39. The molecule has 2 aliphatic rings. The van der Waals surface area contributed by atoms with E-state index >= 15 is 0 Å². The average molecular weight is 572 g/mol. The van der Waals surface area contributed by atoms with E-state index in [4.69, 9.17) is 20.8 Å². The fourth-order valence-corrected chi connectivity index (χ4v) is 6.60. The van der Waals surface area contributed by atoms with Gasteiger partial charge in [0.25, 0.3) is 5.91 Å². The van der Waals surface area contributed by atoms with Crippen molar-refractivity contribution < 1.29 is 18.8 Å². The van der Waals surface area contributed by atoms with Crippen LogP contribution in [0.15, 0.2) is 36.4 Å². The highest BCUT2D eigenvalue weighted by Gasteiger charge is 2.57. The second kappa shape index (κ2) is 10.9. The largest absolute Gasteiger partial charge is 0.496 e. The van der Waals surface area contributed by atoms with Crippen molar-refractivity contribution in [1.82, 2.24) is 9.80 Å². The minimum Gasteiger partial charge on any atom is -0.496 e. The van der Waals surface area contributed by atoms with Crippen LogP contribution in [0.2, 0.25) is 23.2 Å². The van der Waals surface area contributed by atoms with Gasteiger partial charge in [-0.3, -0.25) is 14.5 Å². The summed E-state index contributed by atoms with van der Waals surface area (Å²) < 4.78 is 12.5. The van der Waals surface area contributed by atoms with E-state index in [1.165, 1.54) is 0 Å². The number of hydrogen-bond acceptors (Lipinski definition) is 5. The Bertz CT molecular complexity index is 1260. The molecule has 1 unspecified atom stereocenters. The zero-order valence-electron chi connectivity index (χ0n) is 24.5. The van der Waals surface area contributed by atoms with Crippen molar-refractivity contribution in [3.63, 3.8) is 0 Å². The van der Waals surface area contributed by atoms with E-state index in [1.54, 1.807) is 32.2 Å². The molecule has 212 valence electrons. The molecule has 1 fully saturated rings. The Morgan fingerprint density at radius 2 is 1.87 bits per heavy atom. The van der Waals surface area contributed by atoms with Crippen molar-refractivity contribution in [2.75, 3.05) is 33.1 Å². The Balaban J connectivity index is 1.94. The van der Waals surface area contributed by atoms with Crippen molar-refractivity contribution >= 4 is 37.4 Å².